The van der Waals surface area contributed by atoms with E-state index >= 15 is 0 Å². The number of anilines is 1. The van der Waals surface area contributed by atoms with Crippen molar-refractivity contribution in [3.63, 3.8) is 0 Å². The van der Waals surface area contributed by atoms with Crippen molar-refractivity contribution in [2.75, 3.05) is 11.9 Å². The van der Waals surface area contributed by atoms with Gasteiger partial charge in [-0.2, -0.15) is 0 Å². The SMILES string of the molecule is O=C(Nc1cc(F)cc(F)c1)N1C[C@@H]2C[C@H](NS(=O)(=O)c3ccccc3)[C@H]1C2. The largest absolute Gasteiger partial charge is 0.322 e. The third-order valence-corrected chi connectivity index (χ3v) is 6.72. The first-order valence-corrected chi connectivity index (χ1v) is 10.4. The number of benzene rings is 2. The Labute approximate surface area is 161 Å². The monoisotopic (exact) mass is 407 g/mol. The summed E-state index contributed by atoms with van der Waals surface area (Å²) >= 11 is 0. The van der Waals surface area contributed by atoms with Crippen molar-refractivity contribution in [2.24, 2.45) is 5.92 Å². The van der Waals surface area contributed by atoms with Crippen LogP contribution in [-0.2, 0) is 10.0 Å². The van der Waals surface area contributed by atoms with Crippen molar-refractivity contribution in [1.82, 2.24) is 9.62 Å². The van der Waals surface area contributed by atoms with Crippen LogP contribution in [0.4, 0.5) is 19.3 Å². The fourth-order valence-corrected chi connectivity index (χ4v) is 5.38. The Balaban J connectivity index is 1.47. The molecule has 9 heteroatoms. The van der Waals surface area contributed by atoms with E-state index in [4.69, 9.17) is 0 Å². The minimum Gasteiger partial charge on any atom is -0.320 e. The van der Waals surface area contributed by atoms with Crippen molar-refractivity contribution in [3.8, 4) is 0 Å². The van der Waals surface area contributed by atoms with Crippen LogP contribution in [0.2, 0.25) is 0 Å². The van der Waals surface area contributed by atoms with Crippen LogP contribution in [0.5, 0.6) is 0 Å². The van der Waals surface area contributed by atoms with Gasteiger partial charge in [-0.05, 0) is 43.0 Å². The lowest BCUT2D eigenvalue weighted by Gasteiger charge is -2.33. The van der Waals surface area contributed by atoms with Gasteiger partial charge in [-0.3, -0.25) is 0 Å². The zero-order valence-electron chi connectivity index (χ0n) is 14.8. The van der Waals surface area contributed by atoms with E-state index in [0.717, 1.165) is 18.2 Å². The summed E-state index contributed by atoms with van der Waals surface area (Å²) in [6.45, 7) is 0.484. The number of rotatable bonds is 4. The molecule has 28 heavy (non-hydrogen) atoms. The molecule has 1 saturated heterocycles. The number of halogens is 2. The minimum absolute atomic E-state index is 0.0201. The maximum absolute atomic E-state index is 13.3. The van der Waals surface area contributed by atoms with Crippen LogP contribution in [0.3, 0.4) is 0 Å². The molecule has 2 aliphatic rings. The van der Waals surface area contributed by atoms with E-state index in [1.54, 1.807) is 18.2 Å². The number of piperidine rings is 1. The van der Waals surface area contributed by atoms with E-state index in [0.29, 0.717) is 19.4 Å². The van der Waals surface area contributed by atoms with Gasteiger partial charge in [-0.15, -0.1) is 0 Å². The Morgan fingerprint density at radius 3 is 2.36 bits per heavy atom. The van der Waals surface area contributed by atoms with E-state index < -0.39 is 33.7 Å². The number of likely N-dealkylation sites (tertiary alicyclic amines) is 1. The van der Waals surface area contributed by atoms with Crippen molar-refractivity contribution in [1.29, 1.82) is 0 Å². The van der Waals surface area contributed by atoms with Gasteiger partial charge in [0.2, 0.25) is 10.0 Å². The molecule has 0 aromatic heterocycles. The average molecular weight is 407 g/mol. The standard InChI is InChI=1S/C19H19F2N3O3S/c20-13-8-14(21)10-15(9-13)22-19(25)24-11-12-6-17(18(24)7-12)23-28(26,27)16-4-2-1-3-5-16/h1-5,8-10,12,17-18,23H,6-7,11H2,(H,22,25)/t12-,17+,18-/m1/s1. The fraction of sp³-hybridized carbons (Fsp3) is 0.316. The third-order valence-electron chi connectivity index (χ3n) is 5.22. The van der Waals surface area contributed by atoms with Gasteiger partial charge in [0.15, 0.2) is 0 Å². The topological polar surface area (TPSA) is 78.5 Å². The molecule has 148 valence electrons. The molecule has 0 unspecified atom stereocenters. The fourth-order valence-electron chi connectivity index (χ4n) is 4.07. The number of carbonyl (C=O) groups excluding carboxylic acids is 1. The number of amides is 2. The lowest BCUT2D eigenvalue weighted by Crippen LogP contribution is -2.52. The first-order valence-electron chi connectivity index (χ1n) is 8.93. The zero-order chi connectivity index (χ0) is 19.9. The van der Waals surface area contributed by atoms with Crippen LogP contribution in [0.15, 0.2) is 53.4 Å². The number of hydrogen-bond donors (Lipinski definition) is 2. The summed E-state index contributed by atoms with van der Waals surface area (Å²) < 4.78 is 54.6. The van der Waals surface area contributed by atoms with Gasteiger partial charge in [0, 0.05) is 24.3 Å². The Morgan fingerprint density at radius 2 is 1.71 bits per heavy atom. The smallest absolute Gasteiger partial charge is 0.320 e. The summed E-state index contributed by atoms with van der Waals surface area (Å²) in [4.78, 5) is 14.3. The lowest BCUT2D eigenvalue weighted by molar-refractivity contribution is 0.183. The molecule has 2 N–H and O–H groups in total. The zero-order valence-corrected chi connectivity index (χ0v) is 15.6. The maximum atomic E-state index is 13.3. The van der Waals surface area contributed by atoms with E-state index in [9.17, 15) is 22.0 Å². The van der Waals surface area contributed by atoms with Crippen molar-refractivity contribution in [2.45, 2.75) is 29.8 Å². The van der Waals surface area contributed by atoms with E-state index in [2.05, 4.69) is 10.0 Å². The highest BCUT2D eigenvalue weighted by atomic mass is 32.2. The maximum Gasteiger partial charge on any atom is 0.322 e. The van der Waals surface area contributed by atoms with Crippen LogP contribution < -0.4 is 10.0 Å². The van der Waals surface area contributed by atoms with E-state index in [-0.39, 0.29) is 22.5 Å². The molecule has 2 amide bonds. The van der Waals surface area contributed by atoms with Crippen LogP contribution in [0.25, 0.3) is 0 Å². The van der Waals surface area contributed by atoms with Gasteiger partial charge in [-0.25, -0.2) is 26.7 Å². The van der Waals surface area contributed by atoms with Gasteiger partial charge in [0.1, 0.15) is 11.6 Å². The number of sulfonamides is 1. The van der Waals surface area contributed by atoms with Crippen molar-refractivity contribution >= 4 is 21.7 Å². The first-order chi connectivity index (χ1) is 13.3. The quantitative estimate of drug-likeness (QED) is 0.818. The molecule has 0 radical (unpaired) electrons. The van der Waals surface area contributed by atoms with Crippen molar-refractivity contribution < 1.29 is 22.0 Å². The number of nitrogens with one attached hydrogen (secondary N) is 2. The molecule has 1 aliphatic heterocycles. The third kappa shape index (κ3) is 3.72. The van der Waals surface area contributed by atoms with Gasteiger partial charge in [0.25, 0.3) is 0 Å². The van der Waals surface area contributed by atoms with Crippen LogP contribution >= 0.6 is 0 Å². The molecular weight excluding hydrogens is 388 g/mol. The molecule has 3 atom stereocenters. The highest BCUT2D eigenvalue weighted by molar-refractivity contribution is 7.89. The lowest BCUT2D eigenvalue weighted by atomic mass is 10.1. The molecule has 6 nitrogen and oxygen atoms in total. The van der Waals surface area contributed by atoms with Gasteiger partial charge < -0.3 is 10.2 Å². The summed E-state index contributed by atoms with van der Waals surface area (Å²) in [5, 5.41) is 2.50. The Kier molecular flexibility index (Phi) is 4.80. The molecule has 2 aromatic carbocycles. The molecule has 1 aliphatic carbocycles. The Morgan fingerprint density at radius 1 is 1.04 bits per heavy atom. The van der Waals surface area contributed by atoms with Crippen molar-refractivity contribution in [3.05, 3.63) is 60.2 Å². The second-order valence-electron chi connectivity index (χ2n) is 7.19. The number of carbonyl (C=O) groups is 1. The van der Waals surface area contributed by atoms with Gasteiger partial charge in [0.05, 0.1) is 10.9 Å². The minimum atomic E-state index is -3.69. The second kappa shape index (κ2) is 7.14. The molecule has 2 bridgehead atoms. The molecule has 0 spiro atoms. The van der Waals surface area contributed by atoms with E-state index in [1.807, 2.05) is 0 Å². The predicted octanol–water partition coefficient (Wildman–Crippen LogP) is 2.94. The molecule has 2 aromatic rings. The Bertz CT molecular complexity index is 980. The van der Waals surface area contributed by atoms with Crippen LogP contribution in [-0.4, -0.2) is 38.0 Å². The molecule has 4 rings (SSSR count). The summed E-state index contributed by atoms with van der Waals surface area (Å²) in [6, 6.07) is 9.63. The normalized spacial score (nSPS) is 23.8. The summed E-state index contributed by atoms with van der Waals surface area (Å²) in [6.07, 6.45) is 1.34. The second-order valence-corrected chi connectivity index (χ2v) is 8.90. The predicted molar refractivity (Wildman–Crippen MR) is 99.1 cm³/mol. The summed E-state index contributed by atoms with van der Waals surface area (Å²) in [5.74, 6) is -1.39. The highest BCUT2D eigenvalue weighted by Crippen LogP contribution is 2.38. The first kappa shape index (κ1) is 18.8. The van der Waals surface area contributed by atoms with Gasteiger partial charge >= 0.3 is 6.03 Å². The summed E-state index contributed by atoms with van der Waals surface area (Å²) in [7, 11) is -3.69. The molecule has 2 fully saturated rings. The molecule has 1 heterocycles. The Hall–Kier alpha value is -2.52. The van der Waals surface area contributed by atoms with Crippen LogP contribution in [0.1, 0.15) is 12.8 Å². The molecular formula is C19H19F2N3O3S. The number of hydrogen-bond acceptors (Lipinski definition) is 3. The number of nitrogens with zero attached hydrogens (tertiary/aromatic N) is 1. The molecule has 1 saturated carbocycles. The number of urea groups is 1. The van der Waals surface area contributed by atoms with Gasteiger partial charge in [-0.1, -0.05) is 18.2 Å². The summed E-state index contributed by atoms with van der Waals surface area (Å²) in [5.41, 5.74) is 0.0201. The number of fused-ring (bicyclic) bond motifs is 2. The highest BCUT2D eigenvalue weighted by Gasteiger charge is 2.48. The van der Waals surface area contributed by atoms with Crippen LogP contribution in [0, 0.1) is 17.6 Å². The van der Waals surface area contributed by atoms with E-state index in [1.165, 1.54) is 17.0 Å². The average Bonchev–Trinajstić information content (AvgIpc) is 3.21.